The topological polar surface area (TPSA) is 0 Å². The van der Waals surface area contributed by atoms with E-state index in [1.165, 1.54) is 49.3 Å². The molecule has 0 aliphatic heterocycles. The highest BCUT2D eigenvalue weighted by Gasteiger charge is 2.67. The number of allylic oxidation sites excluding steroid dienone is 12. The summed E-state index contributed by atoms with van der Waals surface area (Å²) in [5.41, 5.74) is 7.91. The second-order valence-electron chi connectivity index (χ2n) is 15.5. The average Bonchev–Trinajstić information content (AvgIpc) is 3.28. The molecule has 58 heavy (non-hydrogen) atoms. The summed E-state index contributed by atoms with van der Waals surface area (Å²) in [5, 5.41) is 2.17. The normalized spacial score (nSPS) is 26.9. The fraction of sp³-hybridized carbons (Fsp3) is 0.111. The van der Waals surface area contributed by atoms with Crippen LogP contribution in [0.5, 0.6) is 0 Å². The SMILES string of the molecule is PC1=CC=CC(c2ccccc2)(P(C2(c3ccccc3)C=CC=C(P)C2c2ccccc2)C2(c3ccccc3)C=CC=C(P)C2c2ccccc2)C1c1ccccc1. The molecule has 3 aliphatic rings. The van der Waals surface area contributed by atoms with Gasteiger partial charge in [-0.2, -0.15) is 0 Å². The summed E-state index contributed by atoms with van der Waals surface area (Å²) in [4.78, 5) is 0. The fourth-order valence-electron chi connectivity index (χ4n) is 10.4. The summed E-state index contributed by atoms with van der Waals surface area (Å²) in [6, 6.07) is 68.5. The molecule has 6 aromatic carbocycles. The predicted octanol–water partition coefficient (Wildman–Crippen LogP) is 14.5. The zero-order chi connectivity index (χ0) is 39.6. The third-order valence-electron chi connectivity index (χ3n) is 12.5. The molecule has 9 atom stereocenters. The number of hydrogen-bond acceptors (Lipinski definition) is 0. The van der Waals surface area contributed by atoms with Crippen LogP contribution in [-0.4, -0.2) is 0 Å². The maximum Gasteiger partial charge on any atom is 0.0467 e. The molecule has 9 rings (SSSR count). The lowest BCUT2D eigenvalue weighted by atomic mass is 9.75. The molecule has 0 saturated heterocycles. The van der Waals surface area contributed by atoms with Gasteiger partial charge in [-0.05, 0) is 49.3 Å². The van der Waals surface area contributed by atoms with Crippen molar-refractivity contribution in [3.8, 4) is 0 Å². The first kappa shape index (κ1) is 39.0. The standard InChI is InChI=1S/C54H48P4/c55-46-34-19-37-52(43-28-13-4-14-29-43,49(46)40-22-7-1-8-23-40)58(53(44-30-15-5-16-31-44)38-20-35-47(56)50(53)41-24-9-2-10-25-41)54(45-32-17-6-18-33-45)39-21-36-48(57)51(54)42-26-11-3-12-27-42/h1-39,49-51H,55-57H2. The highest BCUT2D eigenvalue weighted by molar-refractivity contribution is 7.62. The first-order chi connectivity index (χ1) is 28.5. The lowest BCUT2D eigenvalue weighted by Crippen LogP contribution is -2.50. The Balaban J connectivity index is 1.56. The van der Waals surface area contributed by atoms with E-state index in [0.29, 0.717) is 0 Å². The van der Waals surface area contributed by atoms with Crippen LogP contribution in [0.4, 0.5) is 0 Å². The molecule has 0 heterocycles. The minimum atomic E-state index is -1.39. The lowest BCUT2D eigenvalue weighted by molar-refractivity contribution is 0.534. The van der Waals surface area contributed by atoms with E-state index in [1.54, 1.807) is 0 Å². The van der Waals surface area contributed by atoms with Gasteiger partial charge in [0.25, 0.3) is 0 Å². The molecule has 0 saturated carbocycles. The van der Waals surface area contributed by atoms with Gasteiger partial charge in [-0.25, -0.2) is 0 Å². The van der Waals surface area contributed by atoms with Crippen molar-refractivity contribution in [1.82, 2.24) is 0 Å². The van der Waals surface area contributed by atoms with Gasteiger partial charge in [-0.15, -0.1) is 27.7 Å². The van der Waals surface area contributed by atoms with E-state index < -0.39 is 23.4 Å². The monoisotopic (exact) mass is 820 g/mol. The molecule has 4 heteroatoms. The van der Waals surface area contributed by atoms with Crippen LogP contribution in [-0.2, 0) is 15.5 Å². The van der Waals surface area contributed by atoms with Gasteiger partial charge in [0.2, 0.25) is 0 Å². The molecule has 0 bridgehead atoms. The molecular weight excluding hydrogens is 772 g/mol. The zero-order valence-corrected chi connectivity index (χ0v) is 36.8. The minimum absolute atomic E-state index is 0.00855. The Bertz CT molecular complexity index is 2260. The first-order valence-electron chi connectivity index (χ1n) is 20.1. The minimum Gasteiger partial charge on any atom is -0.109 e. The van der Waals surface area contributed by atoms with Crippen molar-refractivity contribution in [3.63, 3.8) is 0 Å². The van der Waals surface area contributed by atoms with Crippen LogP contribution in [0.2, 0.25) is 0 Å². The van der Waals surface area contributed by atoms with E-state index in [4.69, 9.17) is 0 Å². The summed E-state index contributed by atoms with van der Waals surface area (Å²) in [7, 11) is 8.33. The van der Waals surface area contributed by atoms with Crippen LogP contribution in [0.1, 0.15) is 51.1 Å². The van der Waals surface area contributed by atoms with Crippen molar-refractivity contribution in [2.45, 2.75) is 33.2 Å². The number of hydrogen-bond donors (Lipinski definition) is 0. The number of rotatable bonds is 9. The maximum atomic E-state index is 3.24. The Morgan fingerprint density at radius 1 is 0.310 bits per heavy atom. The molecule has 9 unspecified atom stereocenters. The molecule has 6 aromatic rings. The second kappa shape index (κ2) is 16.6. The number of benzene rings is 6. The summed E-state index contributed by atoms with van der Waals surface area (Å²) in [6.07, 6.45) is 22.0. The van der Waals surface area contributed by atoms with Gasteiger partial charge >= 0.3 is 0 Å². The summed E-state index contributed by atoms with van der Waals surface area (Å²) in [6.45, 7) is 0. The Morgan fingerprint density at radius 3 is 0.776 bits per heavy atom. The molecular formula is C54H48P4. The van der Waals surface area contributed by atoms with Crippen molar-refractivity contribution < 1.29 is 0 Å². The molecule has 3 aliphatic carbocycles. The highest BCUT2D eigenvalue weighted by Crippen LogP contribution is 2.88. The molecule has 0 fully saturated rings. The first-order valence-corrected chi connectivity index (χ1v) is 23.2. The van der Waals surface area contributed by atoms with E-state index >= 15 is 0 Å². The quantitative estimate of drug-likeness (QED) is 0.128. The smallest absolute Gasteiger partial charge is 0.0467 e. The Morgan fingerprint density at radius 2 is 0.534 bits per heavy atom. The van der Waals surface area contributed by atoms with Crippen LogP contribution in [0.15, 0.2) is 253 Å². The second-order valence-corrected chi connectivity index (χ2v) is 20.4. The molecule has 0 aromatic heterocycles. The predicted molar refractivity (Wildman–Crippen MR) is 260 cm³/mol. The Hall–Kier alpha value is -4.52. The van der Waals surface area contributed by atoms with Crippen LogP contribution in [0, 0.1) is 0 Å². The van der Waals surface area contributed by atoms with Crippen LogP contribution >= 0.6 is 35.6 Å². The Kier molecular flexibility index (Phi) is 11.2. The fourth-order valence-corrected chi connectivity index (χ4v) is 17.9. The van der Waals surface area contributed by atoms with Crippen LogP contribution in [0.25, 0.3) is 0 Å². The van der Waals surface area contributed by atoms with Gasteiger partial charge in [0.05, 0.1) is 0 Å². The largest absolute Gasteiger partial charge is 0.109 e. The zero-order valence-electron chi connectivity index (χ0n) is 32.4. The summed E-state index contributed by atoms with van der Waals surface area (Å²) in [5.74, 6) is -0.0257. The average molecular weight is 821 g/mol. The lowest BCUT2D eigenvalue weighted by Gasteiger charge is -2.65. The van der Waals surface area contributed by atoms with Gasteiger partial charge < -0.3 is 0 Å². The van der Waals surface area contributed by atoms with Gasteiger partial charge in [0.15, 0.2) is 0 Å². The molecule has 0 amide bonds. The molecule has 284 valence electrons. The van der Waals surface area contributed by atoms with E-state index in [9.17, 15) is 0 Å². The third-order valence-corrected chi connectivity index (χ3v) is 18.2. The van der Waals surface area contributed by atoms with Gasteiger partial charge in [-0.3, -0.25) is 0 Å². The van der Waals surface area contributed by atoms with Crippen LogP contribution in [0.3, 0.4) is 0 Å². The van der Waals surface area contributed by atoms with Crippen molar-refractivity contribution in [3.05, 3.63) is 286 Å². The molecule has 0 radical (unpaired) electrons. The molecule has 0 N–H and O–H groups in total. The van der Waals surface area contributed by atoms with Gasteiger partial charge in [-0.1, -0.05) is 245 Å². The molecule has 0 spiro atoms. The Labute approximate surface area is 353 Å². The van der Waals surface area contributed by atoms with E-state index in [0.717, 1.165) is 0 Å². The molecule has 0 nitrogen and oxygen atoms in total. The van der Waals surface area contributed by atoms with Crippen molar-refractivity contribution in [2.24, 2.45) is 0 Å². The maximum absolute atomic E-state index is 3.24. The van der Waals surface area contributed by atoms with E-state index in [1.807, 2.05) is 0 Å². The van der Waals surface area contributed by atoms with Crippen molar-refractivity contribution >= 4 is 35.6 Å². The van der Waals surface area contributed by atoms with Gasteiger partial charge in [0.1, 0.15) is 0 Å². The van der Waals surface area contributed by atoms with Crippen LogP contribution < -0.4 is 0 Å². The van der Waals surface area contributed by atoms with Crippen molar-refractivity contribution in [2.75, 3.05) is 0 Å². The summed E-state index contributed by atoms with van der Waals surface area (Å²) >= 11 is 0. The third kappa shape index (κ3) is 6.46. The van der Waals surface area contributed by atoms with Crippen molar-refractivity contribution in [1.29, 1.82) is 0 Å². The highest BCUT2D eigenvalue weighted by atomic mass is 31.1. The van der Waals surface area contributed by atoms with E-state index in [2.05, 4.69) is 264 Å². The summed E-state index contributed by atoms with van der Waals surface area (Å²) < 4.78 is 0. The van der Waals surface area contributed by atoms with Gasteiger partial charge in [0, 0.05) is 33.2 Å². The van der Waals surface area contributed by atoms with E-state index in [-0.39, 0.29) is 17.8 Å².